The average molecular weight is 386 g/mol. The van der Waals surface area contributed by atoms with Crippen LogP contribution < -0.4 is 5.32 Å². The molecule has 6 nitrogen and oxygen atoms in total. The van der Waals surface area contributed by atoms with E-state index in [-0.39, 0.29) is 24.0 Å². The van der Waals surface area contributed by atoms with Crippen molar-refractivity contribution in [3.8, 4) is 0 Å². The van der Waals surface area contributed by atoms with Crippen LogP contribution in [0.5, 0.6) is 0 Å². The molecule has 1 N–H and O–H groups in total. The number of alkyl halides is 3. The van der Waals surface area contributed by atoms with Gasteiger partial charge in [-0.05, 0) is 39.0 Å². The van der Waals surface area contributed by atoms with Crippen molar-refractivity contribution >= 4 is 15.9 Å². The number of hydrogen-bond acceptors (Lipinski definition) is 4. The summed E-state index contributed by atoms with van der Waals surface area (Å²) in [6.07, 6.45) is -4.76. The Morgan fingerprint density at radius 2 is 1.88 bits per heavy atom. The van der Waals surface area contributed by atoms with Crippen LogP contribution >= 0.6 is 0 Å². The number of hydrogen-bond donors (Lipinski definition) is 1. The molecule has 0 aromatic carbocycles. The number of carbonyl (C=O) groups excluding carboxylic acids is 1. The molecule has 0 radical (unpaired) electrons. The molecule has 2 fully saturated rings. The largest absolute Gasteiger partial charge is 0.416 e. The number of ether oxygens (including phenoxy) is 1. The van der Waals surface area contributed by atoms with Crippen molar-refractivity contribution in [3.05, 3.63) is 0 Å². The van der Waals surface area contributed by atoms with Gasteiger partial charge in [0.1, 0.15) is 9.84 Å². The Balaban J connectivity index is 1.81. The molecule has 2 heterocycles. The van der Waals surface area contributed by atoms with Gasteiger partial charge in [0.15, 0.2) is 6.10 Å². The Bertz CT molecular complexity index is 578. The van der Waals surface area contributed by atoms with Crippen molar-refractivity contribution in [2.45, 2.75) is 51.0 Å². The molecule has 1 atom stereocenters. The Labute approximate surface area is 146 Å². The van der Waals surface area contributed by atoms with E-state index in [9.17, 15) is 26.4 Å². The summed E-state index contributed by atoms with van der Waals surface area (Å²) >= 11 is 0. The van der Waals surface area contributed by atoms with Gasteiger partial charge in [0.05, 0.1) is 30.2 Å². The molecule has 0 aromatic rings. The molecule has 25 heavy (non-hydrogen) atoms. The van der Waals surface area contributed by atoms with Crippen LogP contribution in [0.1, 0.15) is 33.1 Å². The van der Waals surface area contributed by atoms with Gasteiger partial charge in [-0.1, -0.05) is 0 Å². The van der Waals surface area contributed by atoms with Gasteiger partial charge in [-0.2, -0.15) is 13.2 Å². The minimum Gasteiger partial charge on any atom is -0.359 e. The molecule has 0 bridgehead atoms. The maximum absolute atomic E-state index is 12.9. The van der Waals surface area contributed by atoms with Gasteiger partial charge < -0.3 is 15.0 Å². The molecule has 0 saturated carbocycles. The molecule has 0 aromatic heterocycles. The summed E-state index contributed by atoms with van der Waals surface area (Å²) in [5, 5.41) is 2.64. The van der Waals surface area contributed by atoms with Gasteiger partial charge in [0.25, 0.3) is 0 Å². The van der Waals surface area contributed by atoms with Gasteiger partial charge in [-0.15, -0.1) is 0 Å². The number of nitrogens with one attached hydrogen (secondary N) is 1. The summed E-state index contributed by atoms with van der Waals surface area (Å²) in [4.78, 5) is 13.3. The zero-order valence-corrected chi connectivity index (χ0v) is 15.3. The van der Waals surface area contributed by atoms with Crippen molar-refractivity contribution < 1.29 is 31.1 Å². The zero-order chi connectivity index (χ0) is 18.9. The van der Waals surface area contributed by atoms with Crippen molar-refractivity contribution in [2.75, 3.05) is 31.1 Å². The Hall–Kier alpha value is -1.03. The van der Waals surface area contributed by atoms with E-state index in [0.717, 1.165) is 4.90 Å². The lowest BCUT2D eigenvalue weighted by Crippen LogP contribution is -2.60. The molecular weight excluding hydrogens is 361 g/mol. The standard InChI is InChI=1S/C15H25F3N2O4S/c1-14(2)10-20(9-12(24-14)15(16,17)18)13(21)19-6-3-11-4-7-25(22,23)8-5-11/h11-12H,3-10H2,1-2H3,(H,19,21). The van der Waals surface area contributed by atoms with Gasteiger partial charge in [-0.3, -0.25) is 0 Å². The highest BCUT2D eigenvalue weighted by atomic mass is 32.2. The number of carbonyl (C=O) groups is 1. The van der Waals surface area contributed by atoms with E-state index in [1.807, 2.05) is 0 Å². The van der Waals surface area contributed by atoms with E-state index in [0.29, 0.717) is 25.8 Å². The third kappa shape index (κ3) is 6.02. The van der Waals surface area contributed by atoms with Crippen LogP contribution in [0.2, 0.25) is 0 Å². The molecular formula is C15H25F3N2O4S. The fourth-order valence-electron chi connectivity index (χ4n) is 3.23. The maximum Gasteiger partial charge on any atom is 0.416 e. The molecule has 2 aliphatic rings. The van der Waals surface area contributed by atoms with Crippen LogP contribution in [0.25, 0.3) is 0 Å². The Morgan fingerprint density at radius 3 is 2.44 bits per heavy atom. The number of sulfone groups is 1. The molecule has 2 aliphatic heterocycles. The third-order valence-electron chi connectivity index (χ3n) is 4.57. The molecule has 2 amide bonds. The first kappa shape index (κ1) is 20.3. The second-order valence-corrected chi connectivity index (χ2v) is 9.71. The first-order valence-electron chi connectivity index (χ1n) is 8.36. The summed E-state index contributed by atoms with van der Waals surface area (Å²) in [7, 11) is -2.92. The Morgan fingerprint density at radius 1 is 1.28 bits per heavy atom. The number of morpholine rings is 1. The molecule has 10 heteroatoms. The second-order valence-electron chi connectivity index (χ2n) is 7.40. The number of urea groups is 1. The van der Waals surface area contributed by atoms with Gasteiger partial charge in [0.2, 0.25) is 0 Å². The highest BCUT2D eigenvalue weighted by Crippen LogP contribution is 2.31. The molecule has 1 unspecified atom stereocenters. The van der Waals surface area contributed by atoms with E-state index in [4.69, 9.17) is 4.74 Å². The van der Waals surface area contributed by atoms with E-state index in [1.165, 1.54) is 13.8 Å². The quantitative estimate of drug-likeness (QED) is 0.805. The first-order valence-corrected chi connectivity index (χ1v) is 10.2. The van der Waals surface area contributed by atoms with E-state index in [1.54, 1.807) is 0 Å². The lowest BCUT2D eigenvalue weighted by molar-refractivity contribution is -0.267. The fourth-order valence-corrected chi connectivity index (χ4v) is 4.82. The molecule has 0 spiro atoms. The normalized spacial score (nSPS) is 27.1. The van der Waals surface area contributed by atoms with E-state index < -0.39 is 40.3 Å². The number of rotatable bonds is 3. The topological polar surface area (TPSA) is 75.7 Å². The van der Waals surface area contributed by atoms with Crippen molar-refractivity contribution in [3.63, 3.8) is 0 Å². The van der Waals surface area contributed by atoms with Gasteiger partial charge >= 0.3 is 12.2 Å². The SMILES string of the molecule is CC1(C)CN(C(=O)NCCC2CCS(=O)(=O)CC2)CC(C(F)(F)F)O1. The summed E-state index contributed by atoms with van der Waals surface area (Å²) in [5.74, 6) is 0.542. The predicted octanol–water partition coefficient (Wildman–Crippen LogP) is 1.95. The van der Waals surface area contributed by atoms with Crippen LogP contribution in [-0.4, -0.2) is 68.4 Å². The second kappa shape index (κ2) is 7.30. The highest BCUT2D eigenvalue weighted by Gasteiger charge is 2.49. The van der Waals surface area contributed by atoms with Gasteiger partial charge in [-0.25, -0.2) is 13.2 Å². The lowest BCUT2D eigenvalue weighted by Gasteiger charge is -2.43. The minimum absolute atomic E-state index is 0.0765. The summed E-state index contributed by atoms with van der Waals surface area (Å²) < 4.78 is 66.6. The minimum atomic E-state index is -4.52. The molecule has 146 valence electrons. The smallest absolute Gasteiger partial charge is 0.359 e. The molecule has 2 rings (SSSR count). The highest BCUT2D eigenvalue weighted by molar-refractivity contribution is 7.91. The number of halogens is 3. The maximum atomic E-state index is 12.9. The first-order chi connectivity index (χ1) is 11.4. The van der Waals surface area contributed by atoms with Crippen LogP contribution in [0.15, 0.2) is 0 Å². The monoisotopic (exact) mass is 386 g/mol. The lowest BCUT2D eigenvalue weighted by atomic mass is 9.99. The van der Waals surface area contributed by atoms with Crippen molar-refractivity contribution in [2.24, 2.45) is 5.92 Å². The number of amides is 2. The summed E-state index contributed by atoms with van der Waals surface area (Å²) in [5.41, 5.74) is -1.08. The summed E-state index contributed by atoms with van der Waals surface area (Å²) in [6.45, 7) is 2.91. The molecule has 2 saturated heterocycles. The van der Waals surface area contributed by atoms with E-state index in [2.05, 4.69) is 5.32 Å². The van der Waals surface area contributed by atoms with Crippen LogP contribution in [-0.2, 0) is 14.6 Å². The van der Waals surface area contributed by atoms with Crippen LogP contribution in [0.4, 0.5) is 18.0 Å². The van der Waals surface area contributed by atoms with Crippen LogP contribution in [0, 0.1) is 5.92 Å². The van der Waals surface area contributed by atoms with Crippen molar-refractivity contribution in [1.82, 2.24) is 10.2 Å². The molecule has 0 aliphatic carbocycles. The zero-order valence-electron chi connectivity index (χ0n) is 14.4. The number of nitrogens with zero attached hydrogens (tertiary/aromatic N) is 1. The fraction of sp³-hybridized carbons (Fsp3) is 0.933. The Kier molecular flexibility index (Phi) is 5.92. The third-order valence-corrected chi connectivity index (χ3v) is 6.29. The van der Waals surface area contributed by atoms with Gasteiger partial charge in [0, 0.05) is 6.54 Å². The summed E-state index contributed by atoms with van der Waals surface area (Å²) in [6, 6.07) is -0.547. The van der Waals surface area contributed by atoms with E-state index >= 15 is 0 Å². The predicted molar refractivity (Wildman–Crippen MR) is 86.0 cm³/mol. The average Bonchev–Trinajstić information content (AvgIpc) is 2.46. The van der Waals surface area contributed by atoms with Crippen molar-refractivity contribution in [1.29, 1.82) is 0 Å². The van der Waals surface area contributed by atoms with Crippen LogP contribution in [0.3, 0.4) is 0 Å².